The number of phenolic OH excluding ortho intramolecular Hbond substituents is 1. The highest BCUT2D eigenvalue weighted by Gasteiger charge is 2.15. The van der Waals surface area contributed by atoms with Gasteiger partial charge in [-0.1, -0.05) is 11.6 Å². The molecule has 0 spiro atoms. The summed E-state index contributed by atoms with van der Waals surface area (Å²) in [6, 6.07) is 3.09. The number of benzene rings is 1. The Morgan fingerprint density at radius 3 is 2.69 bits per heavy atom. The highest BCUT2D eigenvalue weighted by Crippen LogP contribution is 2.28. The van der Waals surface area contributed by atoms with Crippen molar-refractivity contribution in [1.82, 2.24) is 5.32 Å². The van der Waals surface area contributed by atoms with Gasteiger partial charge < -0.3 is 10.4 Å². The van der Waals surface area contributed by atoms with Crippen LogP contribution >= 0.6 is 11.6 Å². The number of piperidine rings is 1. The molecule has 0 bridgehead atoms. The van der Waals surface area contributed by atoms with E-state index >= 15 is 0 Å². The number of rotatable bonds is 2. The smallest absolute Gasteiger partial charge is 0.183 e. The lowest BCUT2D eigenvalue weighted by Crippen LogP contribution is -2.28. The molecule has 2 rings (SSSR count). The highest BCUT2D eigenvalue weighted by atomic mass is 35.5. The molecule has 0 radical (unpaired) electrons. The second-order valence-corrected chi connectivity index (χ2v) is 4.72. The normalized spacial score (nSPS) is 17.6. The number of hydrogen-bond acceptors (Lipinski definition) is 2. The zero-order chi connectivity index (χ0) is 11.5. The monoisotopic (exact) mass is 243 g/mol. The van der Waals surface area contributed by atoms with Gasteiger partial charge in [-0.15, -0.1) is 0 Å². The zero-order valence-electron chi connectivity index (χ0n) is 8.97. The van der Waals surface area contributed by atoms with Crippen LogP contribution in [-0.4, -0.2) is 18.2 Å². The molecule has 2 nitrogen and oxygen atoms in total. The molecule has 1 aliphatic heterocycles. The number of halogens is 2. The molecule has 16 heavy (non-hydrogen) atoms. The molecular weight excluding hydrogens is 229 g/mol. The zero-order valence-corrected chi connectivity index (χ0v) is 9.73. The second-order valence-electron chi connectivity index (χ2n) is 4.31. The first-order chi connectivity index (χ1) is 7.66. The van der Waals surface area contributed by atoms with Crippen molar-refractivity contribution in [3.05, 3.63) is 28.5 Å². The lowest BCUT2D eigenvalue weighted by Gasteiger charge is -2.22. The van der Waals surface area contributed by atoms with Crippen LogP contribution < -0.4 is 5.32 Å². The molecule has 0 aromatic heterocycles. The average molecular weight is 244 g/mol. The Balaban J connectivity index is 2.09. The van der Waals surface area contributed by atoms with Gasteiger partial charge in [-0.25, -0.2) is 4.39 Å². The maximum absolute atomic E-state index is 13.1. The Bertz CT molecular complexity index is 354. The van der Waals surface area contributed by atoms with Crippen LogP contribution in [0, 0.1) is 11.7 Å². The predicted octanol–water partition coefficient (Wildman–Crippen LogP) is 2.73. The number of nitrogens with one attached hydrogen (secondary N) is 1. The van der Waals surface area contributed by atoms with E-state index in [0.717, 1.165) is 37.9 Å². The first kappa shape index (κ1) is 11.7. The molecule has 1 saturated heterocycles. The van der Waals surface area contributed by atoms with Gasteiger partial charge in [-0.05, 0) is 56.0 Å². The standard InChI is InChI=1S/C12H15ClFNO/c13-10-6-9(7-11(16)12(10)14)5-8-1-3-15-4-2-8/h6-8,15-16H,1-5H2. The van der Waals surface area contributed by atoms with Crippen LogP contribution in [0.25, 0.3) is 0 Å². The van der Waals surface area contributed by atoms with Crippen LogP contribution in [0.2, 0.25) is 5.02 Å². The van der Waals surface area contributed by atoms with Gasteiger partial charge in [-0.2, -0.15) is 0 Å². The van der Waals surface area contributed by atoms with E-state index < -0.39 is 5.82 Å². The fourth-order valence-corrected chi connectivity index (χ4v) is 2.40. The molecular formula is C12H15ClFNO. The summed E-state index contributed by atoms with van der Waals surface area (Å²) in [5.74, 6) is -0.477. The fraction of sp³-hybridized carbons (Fsp3) is 0.500. The Morgan fingerprint density at radius 2 is 2.06 bits per heavy atom. The van der Waals surface area contributed by atoms with Crippen LogP contribution in [-0.2, 0) is 6.42 Å². The third kappa shape index (κ3) is 2.66. The van der Waals surface area contributed by atoms with Crippen molar-refractivity contribution in [2.75, 3.05) is 13.1 Å². The van der Waals surface area contributed by atoms with Crippen molar-refractivity contribution in [2.24, 2.45) is 5.92 Å². The van der Waals surface area contributed by atoms with E-state index in [9.17, 15) is 9.50 Å². The summed E-state index contributed by atoms with van der Waals surface area (Å²) in [6.07, 6.45) is 3.10. The molecule has 4 heteroatoms. The maximum atomic E-state index is 13.1. The SMILES string of the molecule is Oc1cc(CC2CCNCC2)cc(Cl)c1F. The molecule has 1 aromatic carbocycles. The van der Waals surface area contributed by atoms with Crippen LogP contribution in [0.5, 0.6) is 5.75 Å². The molecule has 1 heterocycles. The van der Waals surface area contributed by atoms with E-state index in [1.165, 1.54) is 6.07 Å². The minimum absolute atomic E-state index is 0.00364. The summed E-state index contributed by atoms with van der Waals surface area (Å²) in [7, 11) is 0. The summed E-state index contributed by atoms with van der Waals surface area (Å²) < 4.78 is 13.1. The molecule has 1 aliphatic rings. The molecule has 1 aromatic rings. The van der Waals surface area contributed by atoms with E-state index in [0.29, 0.717) is 5.92 Å². The molecule has 88 valence electrons. The van der Waals surface area contributed by atoms with Gasteiger partial charge in [0.1, 0.15) is 0 Å². The van der Waals surface area contributed by atoms with Crippen LogP contribution in [0.1, 0.15) is 18.4 Å². The summed E-state index contributed by atoms with van der Waals surface area (Å²) >= 11 is 5.69. The highest BCUT2D eigenvalue weighted by molar-refractivity contribution is 6.30. The Hall–Kier alpha value is -0.800. The van der Waals surface area contributed by atoms with Crippen LogP contribution in [0.4, 0.5) is 4.39 Å². The molecule has 0 unspecified atom stereocenters. The van der Waals surface area contributed by atoms with Gasteiger partial charge in [-0.3, -0.25) is 0 Å². The van der Waals surface area contributed by atoms with E-state index in [2.05, 4.69) is 5.32 Å². The lowest BCUT2D eigenvalue weighted by atomic mass is 9.91. The number of aromatic hydroxyl groups is 1. The average Bonchev–Trinajstić information content (AvgIpc) is 2.27. The van der Waals surface area contributed by atoms with Gasteiger partial charge in [0.2, 0.25) is 0 Å². The molecule has 0 aliphatic carbocycles. The van der Waals surface area contributed by atoms with Crippen LogP contribution in [0.15, 0.2) is 12.1 Å². The van der Waals surface area contributed by atoms with E-state index in [1.54, 1.807) is 6.07 Å². The quantitative estimate of drug-likeness (QED) is 0.837. The van der Waals surface area contributed by atoms with Crippen molar-refractivity contribution in [3.63, 3.8) is 0 Å². The molecule has 0 saturated carbocycles. The first-order valence-electron chi connectivity index (χ1n) is 5.54. The molecule has 1 fully saturated rings. The Morgan fingerprint density at radius 1 is 1.38 bits per heavy atom. The molecule has 0 atom stereocenters. The van der Waals surface area contributed by atoms with Gasteiger partial charge in [0.05, 0.1) is 5.02 Å². The second kappa shape index (κ2) is 5.02. The predicted molar refractivity (Wildman–Crippen MR) is 62.4 cm³/mol. The summed E-state index contributed by atoms with van der Waals surface area (Å²) in [5, 5.41) is 12.6. The maximum Gasteiger partial charge on any atom is 0.183 e. The number of phenols is 1. The number of hydrogen-bond donors (Lipinski definition) is 2. The fourth-order valence-electron chi connectivity index (χ4n) is 2.17. The minimum atomic E-state index is -0.726. The van der Waals surface area contributed by atoms with Crippen molar-refractivity contribution in [3.8, 4) is 5.75 Å². The van der Waals surface area contributed by atoms with E-state index in [1.807, 2.05) is 0 Å². The van der Waals surface area contributed by atoms with E-state index in [-0.39, 0.29) is 10.8 Å². The van der Waals surface area contributed by atoms with Gasteiger partial charge in [0, 0.05) is 0 Å². The molecule has 2 N–H and O–H groups in total. The third-order valence-corrected chi connectivity index (χ3v) is 3.33. The van der Waals surface area contributed by atoms with Crippen LogP contribution in [0.3, 0.4) is 0 Å². The Labute approximate surface area is 99.4 Å². The largest absolute Gasteiger partial charge is 0.505 e. The third-order valence-electron chi connectivity index (χ3n) is 3.05. The minimum Gasteiger partial charge on any atom is -0.505 e. The Kier molecular flexibility index (Phi) is 3.66. The topological polar surface area (TPSA) is 32.3 Å². The molecule has 0 amide bonds. The van der Waals surface area contributed by atoms with Crippen molar-refractivity contribution < 1.29 is 9.50 Å². The first-order valence-corrected chi connectivity index (χ1v) is 5.92. The summed E-state index contributed by atoms with van der Waals surface area (Å²) in [6.45, 7) is 2.07. The summed E-state index contributed by atoms with van der Waals surface area (Å²) in [5.41, 5.74) is 0.913. The summed E-state index contributed by atoms with van der Waals surface area (Å²) in [4.78, 5) is 0. The van der Waals surface area contributed by atoms with E-state index in [4.69, 9.17) is 11.6 Å². The van der Waals surface area contributed by atoms with Crippen molar-refractivity contribution in [1.29, 1.82) is 0 Å². The lowest BCUT2D eigenvalue weighted by molar-refractivity contribution is 0.371. The van der Waals surface area contributed by atoms with Gasteiger partial charge in [0.25, 0.3) is 0 Å². The van der Waals surface area contributed by atoms with Gasteiger partial charge in [0.15, 0.2) is 11.6 Å². The van der Waals surface area contributed by atoms with Crippen molar-refractivity contribution >= 4 is 11.6 Å². The van der Waals surface area contributed by atoms with Crippen molar-refractivity contribution in [2.45, 2.75) is 19.3 Å². The van der Waals surface area contributed by atoms with Gasteiger partial charge >= 0.3 is 0 Å².